The van der Waals surface area contributed by atoms with Gasteiger partial charge >= 0.3 is 0 Å². The number of hydrogen-bond donors (Lipinski definition) is 1. The van der Waals surface area contributed by atoms with Crippen LogP contribution in [0.1, 0.15) is 45.2 Å². The van der Waals surface area contributed by atoms with Gasteiger partial charge < -0.3 is 10.2 Å². The molecule has 0 aliphatic carbocycles. The second-order valence-electron chi connectivity index (χ2n) is 5.91. The van der Waals surface area contributed by atoms with Crippen LogP contribution in [0.2, 0.25) is 0 Å². The fraction of sp³-hybridized carbons (Fsp3) is 0.625. The minimum Gasteiger partial charge on any atom is -0.366 e. The van der Waals surface area contributed by atoms with Crippen LogP contribution >= 0.6 is 0 Å². The van der Waals surface area contributed by atoms with Crippen molar-refractivity contribution in [2.75, 3.05) is 18.5 Å². The number of nitrogens with one attached hydrogen (secondary N) is 1. The van der Waals surface area contributed by atoms with Crippen LogP contribution in [-0.4, -0.2) is 19.6 Å². The van der Waals surface area contributed by atoms with E-state index in [1.54, 1.807) is 6.07 Å². The van der Waals surface area contributed by atoms with Crippen LogP contribution < -0.4 is 10.2 Å². The van der Waals surface area contributed by atoms with Crippen LogP contribution in [-0.2, 0) is 0 Å². The van der Waals surface area contributed by atoms with Gasteiger partial charge in [-0.05, 0) is 57.4 Å². The molecule has 1 aromatic rings. The lowest BCUT2D eigenvalue weighted by Crippen LogP contribution is -2.41. The summed E-state index contributed by atoms with van der Waals surface area (Å²) in [7, 11) is 1.89. The number of nitrogens with zero attached hydrogens (tertiary/aromatic N) is 1. The first-order valence-corrected chi connectivity index (χ1v) is 7.26. The van der Waals surface area contributed by atoms with Crippen molar-refractivity contribution in [1.29, 1.82) is 0 Å². The largest absolute Gasteiger partial charge is 0.366 e. The fourth-order valence-corrected chi connectivity index (χ4v) is 2.82. The molecular formula is C16H25FN2. The van der Waals surface area contributed by atoms with Gasteiger partial charge in [-0.15, -0.1) is 0 Å². The highest BCUT2D eigenvalue weighted by molar-refractivity contribution is 5.51. The van der Waals surface area contributed by atoms with E-state index < -0.39 is 0 Å². The van der Waals surface area contributed by atoms with Gasteiger partial charge in [0.05, 0.1) is 5.69 Å². The molecule has 2 rings (SSSR count). The molecule has 0 spiro atoms. The summed E-state index contributed by atoms with van der Waals surface area (Å²) in [4.78, 5) is 2.22. The molecule has 0 radical (unpaired) electrons. The summed E-state index contributed by atoms with van der Waals surface area (Å²) in [6.45, 7) is 7.43. The first-order valence-electron chi connectivity index (χ1n) is 7.26. The van der Waals surface area contributed by atoms with Crippen LogP contribution in [0.25, 0.3) is 0 Å². The Kier molecular flexibility index (Phi) is 4.46. The predicted molar refractivity (Wildman–Crippen MR) is 79.1 cm³/mol. The molecule has 3 unspecified atom stereocenters. The molecule has 1 aliphatic heterocycles. The summed E-state index contributed by atoms with van der Waals surface area (Å²) in [5.74, 6) is 0.548. The van der Waals surface area contributed by atoms with Crippen molar-refractivity contribution in [1.82, 2.24) is 5.32 Å². The van der Waals surface area contributed by atoms with E-state index in [1.807, 2.05) is 26.1 Å². The first-order chi connectivity index (χ1) is 9.02. The molecule has 1 aromatic carbocycles. The Labute approximate surface area is 116 Å². The SMILES string of the molecule is CNC(C)c1ccc(N2CC(C)CCC2C)c(F)c1. The lowest BCUT2D eigenvalue weighted by Gasteiger charge is -2.38. The second kappa shape index (κ2) is 5.91. The zero-order valence-corrected chi connectivity index (χ0v) is 12.4. The Morgan fingerprint density at radius 1 is 1.32 bits per heavy atom. The maximum Gasteiger partial charge on any atom is 0.146 e. The lowest BCUT2D eigenvalue weighted by atomic mass is 9.94. The van der Waals surface area contributed by atoms with E-state index in [2.05, 4.69) is 24.1 Å². The lowest BCUT2D eigenvalue weighted by molar-refractivity contribution is 0.386. The highest BCUT2D eigenvalue weighted by atomic mass is 19.1. The Hall–Kier alpha value is -1.09. The number of benzene rings is 1. The molecule has 1 heterocycles. The smallest absolute Gasteiger partial charge is 0.146 e. The summed E-state index contributed by atoms with van der Waals surface area (Å²) in [6, 6.07) is 6.25. The van der Waals surface area contributed by atoms with Crippen molar-refractivity contribution >= 4 is 5.69 Å². The normalized spacial score (nSPS) is 25.4. The van der Waals surface area contributed by atoms with Gasteiger partial charge in [0.2, 0.25) is 0 Å². The minimum absolute atomic E-state index is 0.0967. The van der Waals surface area contributed by atoms with Crippen molar-refractivity contribution < 1.29 is 4.39 Å². The van der Waals surface area contributed by atoms with Crippen LogP contribution in [0.4, 0.5) is 10.1 Å². The Bertz CT molecular complexity index is 433. The van der Waals surface area contributed by atoms with Gasteiger partial charge in [-0.2, -0.15) is 0 Å². The van der Waals surface area contributed by atoms with E-state index in [-0.39, 0.29) is 11.9 Å². The molecule has 0 saturated carbocycles. The number of anilines is 1. The maximum atomic E-state index is 14.4. The minimum atomic E-state index is -0.0967. The van der Waals surface area contributed by atoms with Crippen LogP contribution in [0.15, 0.2) is 18.2 Å². The van der Waals surface area contributed by atoms with E-state index >= 15 is 0 Å². The summed E-state index contributed by atoms with van der Waals surface area (Å²) >= 11 is 0. The van der Waals surface area contributed by atoms with E-state index in [0.717, 1.165) is 24.2 Å². The summed E-state index contributed by atoms with van der Waals surface area (Å²) in [6.07, 6.45) is 2.39. The summed E-state index contributed by atoms with van der Waals surface area (Å²) in [5.41, 5.74) is 1.76. The highest BCUT2D eigenvalue weighted by Crippen LogP contribution is 2.30. The molecule has 3 atom stereocenters. The molecule has 0 bridgehead atoms. The molecule has 0 amide bonds. The monoisotopic (exact) mass is 264 g/mol. The molecular weight excluding hydrogens is 239 g/mol. The van der Waals surface area contributed by atoms with Gasteiger partial charge in [-0.25, -0.2) is 4.39 Å². The Morgan fingerprint density at radius 2 is 2.05 bits per heavy atom. The standard InChI is InChI=1S/C16H25FN2/c1-11-5-6-12(2)19(10-11)16-8-7-14(9-15(16)17)13(3)18-4/h7-9,11-13,18H,5-6,10H2,1-4H3. The van der Waals surface area contributed by atoms with Gasteiger partial charge in [-0.1, -0.05) is 13.0 Å². The predicted octanol–water partition coefficient (Wildman–Crippen LogP) is 3.73. The molecule has 1 N–H and O–H groups in total. The third kappa shape index (κ3) is 3.08. The zero-order chi connectivity index (χ0) is 14.0. The summed E-state index contributed by atoms with van der Waals surface area (Å²) in [5, 5.41) is 3.14. The van der Waals surface area contributed by atoms with Crippen LogP contribution in [0.3, 0.4) is 0 Å². The number of hydrogen-bond acceptors (Lipinski definition) is 2. The number of halogens is 1. The molecule has 106 valence electrons. The van der Waals surface area contributed by atoms with Crippen molar-refractivity contribution in [3.8, 4) is 0 Å². The van der Waals surface area contributed by atoms with Gasteiger partial charge in [0.25, 0.3) is 0 Å². The molecule has 1 fully saturated rings. The van der Waals surface area contributed by atoms with Crippen LogP contribution in [0, 0.1) is 11.7 Å². The van der Waals surface area contributed by atoms with E-state index in [9.17, 15) is 4.39 Å². The Morgan fingerprint density at radius 3 is 2.68 bits per heavy atom. The average molecular weight is 264 g/mol. The molecule has 2 nitrogen and oxygen atoms in total. The topological polar surface area (TPSA) is 15.3 Å². The van der Waals surface area contributed by atoms with E-state index in [1.165, 1.54) is 6.42 Å². The van der Waals surface area contributed by atoms with Gasteiger partial charge in [0.1, 0.15) is 5.82 Å². The number of rotatable bonds is 3. The molecule has 1 aliphatic rings. The third-order valence-electron chi connectivity index (χ3n) is 4.33. The molecule has 1 saturated heterocycles. The highest BCUT2D eigenvalue weighted by Gasteiger charge is 2.25. The zero-order valence-electron chi connectivity index (χ0n) is 12.4. The number of piperidine rings is 1. The van der Waals surface area contributed by atoms with Crippen molar-refractivity contribution in [2.45, 2.75) is 45.7 Å². The fourth-order valence-electron chi connectivity index (χ4n) is 2.82. The van der Waals surface area contributed by atoms with Gasteiger partial charge in [0.15, 0.2) is 0 Å². The van der Waals surface area contributed by atoms with Crippen molar-refractivity contribution in [3.05, 3.63) is 29.6 Å². The van der Waals surface area contributed by atoms with Crippen molar-refractivity contribution in [3.63, 3.8) is 0 Å². The van der Waals surface area contributed by atoms with E-state index in [0.29, 0.717) is 12.0 Å². The maximum absolute atomic E-state index is 14.4. The third-order valence-corrected chi connectivity index (χ3v) is 4.33. The molecule has 19 heavy (non-hydrogen) atoms. The Balaban J connectivity index is 2.25. The summed E-state index contributed by atoms with van der Waals surface area (Å²) < 4.78 is 14.4. The average Bonchev–Trinajstić information content (AvgIpc) is 2.41. The van der Waals surface area contributed by atoms with Crippen LogP contribution in [0.5, 0.6) is 0 Å². The van der Waals surface area contributed by atoms with Gasteiger partial charge in [0, 0.05) is 18.6 Å². The second-order valence-corrected chi connectivity index (χ2v) is 5.91. The van der Waals surface area contributed by atoms with Crippen molar-refractivity contribution in [2.24, 2.45) is 5.92 Å². The first kappa shape index (κ1) is 14.3. The molecule has 3 heteroatoms. The van der Waals surface area contributed by atoms with Gasteiger partial charge in [-0.3, -0.25) is 0 Å². The van der Waals surface area contributed by atoms with E-state index in [4.69, 9.17) is 0 Å². The molecule has 0 aromatic heterocycles. The quantitative estimate of drug-likeness (QED) is 0.895.